The lowest BCUT2D eigenvalue weighted by atomic mass is 10.2. The average molecular weight is 463 g/mol. The zero-order chi connectivity index (χ0) is 22.5. The molecule has 1 amide bonds. The summed E-state index contributed by atoms with van der Waals surface area (Å²) < 4.78 is 43.4. The highest BCUT2D eigenvalue weighted by Gasteiger charge is 2.74. The number of aromatic nitrogens is 2. The topological polar surface area (TPSA) is 119 Å². The zero-order valence-electron chi connectivity index (χ0n) is 17.3. The Kier molecular flexibility index (Phi) is 3.95. The Morgan fingerprint density at radius 1 is 1.19 bits per heavy atom. The highest BCUT2D eigenvalue weighted by molar-refractivity contribution is 7.89. The van der Waals surface area contributed by atoms with Crippen LogP contribution in [0.3, 0.4) is 0 Å². The fourth-order valence-electron chi connectivity index (χ4n) is 4.40. The number of hydrogen-bond acceptors (Lipinski definition) is 5. The first-order valence-electron chi connectivity index (χ1n) is 10.9. The molecule has 0 unspecified atom stereocenters. The molecule has 4 aliphatic rings. The predicted octanol–water partition coefficient (Wildman–Crippen LogP) is 0.834. The van der Waals surface area contributed by atoms with Crippen LogP contribution in [0.4, 0.5) is 4.39 Å². The lowest BCUT2D eigenvalue weighted by Gasteiger charge is -2.17. The second-order valence-corrected chi connectivity index (χ2v) is 11.6. The van der Waals surface area contributed by atoms with Gasteiger partial charge in [-0.15, -0.1) is 0 Å². The van der Waals surface area contributed by atoms with Crippen molar-refractivity contribution in [2.75, 3.05) is 12.1 Å². The molecule has 0 spiro atoms. The maximum atomic E-state index is 13.2. The molecule has 4 aliphatic carbocycles. The number of carbonyl (C=O) groups excluding carboxylic acids is 1. The van der Waals surface area contributed by atoms with Crippen molar-refractivity contribution in [2.45, 2.75) is 55.5 Å². The van der Waals surface area contributed by atoms with Gasteiger partial charge in [0.2, 0.25) is 15.9 Å². The average Bonchev–Trinajstić information content (AvgIpc) is 3.57. The highest BCUT2D eigenvalue weighted by atomic mass is 32.2. The number of alkyl halides is 1. The molecule has 0 atom stereocenters. The molecule has 0 aliphatic heterocycles. The van der Waals surface area contributed by atoms with Crippen molar-refractivity contribution in [1.82, 2.24) is 14.0 Å². The lowest BCUT2D eigenvalue weighted by Crippen LogP contribution is -2.48. The minimum absolute atomic E-state index is 0.0131. The normalized spacial score (nSPS) is 27.1. The fraction of sp³-hybridized carbons (Fsp3) is 0.571. The largest absolute Gasteiger partial charge is 0.350 e. The van der Waals surface area contributed by atoms with Gasteiger partial charge in [0.15, 0.2) is 0 Å². The van der Waals surface area contributed by atoms with Crippen molar-refractivity contribution in [2.24, 2.45) is 17.3 Å². The molecule has 2 N–H and O–H groups in total. The van der Waals surface area contributed by atoms with Crippen LogP contribution >= 0.6 is 0 Å². The van der Waals surface area contributed by atoms with Crippen LogP contribution in [-0.2, 0) is 21.4 Å². The van der Waals surface area contributed by atoms with Gasteiger partial charge in [-0.2, -0.15) is 4.68 Å². The van der Waals surface area contributed by atoms with E-state index in [1.165, 1.54) is 22.8 Å². The van der Waals surface area contributed by atoms with E-state index in [1.807, 2.05) is 0 Å². The number of nitrogens with zero attached hydrogens (tertiary/aromatic N) is 2. The van der Waals surface area contributed by atoms with Gasteiger partial charge >= 0.3 is 5.69 Å². The summed E-state index contributed by atoms with van der Waals surface area (Å²) in [6, 6.07) is 3.96. The maximum Gasteiger partial charge on any atom is 0.350 e. The van der Waals surface area contributed by atoms with Gasteiger partial charge in [0, 0.05) is 6.54 Å². The van der Waals surface area contributed by atoms with E-state index in [1.54, 1.807) is 0 Å². The van der Waals surface area contributed by atoms with E-state index in [0.717, 1.165) is 25.7 Å². The van der Waals surface area contributed by atoms with Crippen molar-refractivity contribution >= 4 is 26.8 Å². The van der Waals surface area contributed by atoms with Crippen LogP contribution in [0.1, 0.15) is 38.5 Å². The van der Waals surface area contributed by atoms with Gasteiger partial charge in [0.05, 0.1) is 26.8 Å². The summed E-state index contributed by atoms with van der Waals surface area (Å²) >= 11 is 0. The fourth-order valence-corrected chi connectivity index (χ4v) is 5.86. The van der Waals surface area contributed by atoms with E-state index < -0.39 is 38.9 Å². The number of sulfonamides is 1. The monoisotopic (exact) mass is 462 g/mol. The Hall–Kier alpha value is -2.53. The molecule has 1 heterocycles. The molecule has 4 saturated carbocycles. The Balaban J connectivity index is 1.46. The zero-order valence-corrected chi connectivity index (χ0v) is 18.1. The first-order valence-corrected chi connectivity index (χ1v) is 12.4. The van der Waals surface area contributed by atoms with Crippen LogP contribution < -0.4 is 21.4 Å². The van der Waals surface area contributed by atoms with Crippen molar-refractivity contribution in [3.8, 4) is 0 Å². The van der Waals surface area contributed by atoms with E-state index in [9.17, 15) is 27.2 Å². The SMILES string of the molecule is O=C(Nn1c(=O)c2cc(S(=O)(=O)NC3(CF)CC3)ccc2n(CC2CC2)c1=O)C12CC1C2. The van der Waals surface area contributed by atoms with Crippen molar-refractivity contribution in [3.63, 3.8) is 0 Å². The van der Waals surface area contributed by atoms with E-state index in [0.29, 0.717) is 41.4 Å². The van der Waals surface area contributed by atoms with E-state index in [2.05, 4.69) is 10.1 Å². The van der Waals surface area contributed by atoms with Crippen LogP contribution in [0, 0.1) is 17.3 Å². The summed E-state index contributed by atoms with van der Waals surface area (Å²) in [6.45, 7) is -0.420. The minimum Gasteiger partial charge on any atom is -0.291 e. The highest BCUT2D eigenvalue weighted by Crippen LogP contribution is 2.75. The Bertz CT molecular complexity index is 1400. The molecule has 4 fully saturated rings. The summed E-state index contributed by atoms with van der Waals surface area (Å²) in [5.41, 5.74) is -0.130. The molecule has 32 heavy (non-hydrogen) atoms. The molecular weight excluding hydrogens is 439 g/mol. The summed E-state index contributed by atoms with van der Waals surface area (Å²) in [4.78, 5) is 38.7. The van der Waals surface area contributed by atoms with Gasteiger partial charge in [-0.05, 0) is 68.6 Å². The molecule has 0 saturated heterocycles. The summed E-state index contributed by atoms with van der Waals surface area (Å²) in [5, 5.41) is 0.0131. The maximum absolute atomic E-state index is 13.2. The standard InChI is InChI=1S/C21H23FN4O5S/c22-11-20(5-6-20)24-32(30,31)14-3-4-16-15(7-14)17(27)26(19(29)25(16)10-12-1-2-12)23-18(28)21-8-13(21)9-21/h3-4,7,12-13,24H,1-2,5-6,8-11H2,(H,23,28). The summed E-state index contributed by atoms with van der Waals surface area (Å²) in [6.07, 6.45) is 4.29. The number of fused-ring (bicyclic) bond motifs is 2. The molecule has 0 radical (unpaired) electrons. The third kappa shape index (κ3) is 3.05. The number of rotatable bonds is 8. The third-order valence-corrected chi connectivity index (χ3v) is 8.95. The number of benzene rings is 1. The third-order valence-electron chi connectivity index (χ3n) is 7.37. The molecule has 9 nitrogen and oxygen atoms in total. The molecule has 1 aromatic heterocycles. The summed E-state index contributed by atoms with van der Waals surface area (Å²) in [7, 11) is -4.06. The second kappa shape index (κ2) is 6.28. The first-order chi connectivity index (χ1) is 15.2. The Morgan fingerprint density at radius 3 is 2.44 bits per heavy atom. The Labute approximate surface area is 182 Å². The van der Waals surface area contributed by atoms with Crippen LogP contribution in [0.15, 0.2) is 32.7 Å². The second-order valence-electron chi connectivity index (χ2n) is 9.88. The number of hydrogen-bond donors (Lipinski definition) is 2. The van der Waals surface area contributed by atoms with Crippen LogP contribution in [-0.4, -0.2) is 35.8 Å². The molecule has 6 rings (SSSR count). The van der Waals surface area contributed by atoms with E-state index in [-0.39, 0.29) is 16.2 Å². The predicted molar refractivity (Wildman–Crippen MR) is 113 cm³/mol. The van der Waals surface area contributed by atoms with Gasteiger partial charge in [-0.3, -0.25) is 19.6 Å². The molecule has 2 aromatic rings. The van der Waals surface area contributed by atoms with Crippen molar-refractivity contribution < 1.29 is 17.6 Å². The number of halogens is 1. The first kappa shape index (κ1) is 20.1. The van der Waals surface area contributed by atoms with Gasteiger partial charge < -0.3 is 0 Å². The molecule has 1 aromatic carbocycles. The molecule has 11 heteroatoms. The van der Waals surface area contributed by atoms with Crippen molar-refractivity contribution in [3.05, 3.63) is 39.0 Å². The smallest absolute Gasteiger partial charge is 0.291 e. The van der Waals surface area contributed by atoms with Crippen LogP contribution in [0.2, 0.25) is 0 Å². The van der Waals surface area contributed by atoms with Crippen LogP contribution in [0.25, 0.3) is 10.9 Å². The minimum atomic E-state index is -4.06. The molecular formula is C21H23FN4O5S. The van der Waals surface area contributed by atoms with Gasteiger partial charge in [0.1, 0.15) is 6.67 Å². The van der Waals surface area contributed by atoms with Crippen LogP contribution in [0.5, 0.6) is 0 Å². The van der Waals surface area contributed by atoms with Gasteiger partial charge in [-0.1, -0.05) is 0 Å². The molecule has 170 valence electrons. The van der Waals surface area contributed by atoms with Gasteiger partial charge in [0.25, 0.3) is 5.56 Å². The number of carbonyl (C=O) groups is 1. The van der Waals surface area contributed by atoms with E-state index in [4.69, 9.17) is 0 Å². The van der Waals surface area contributed by atoms with E-state index >= 15 is 0 Å². The lowest BCUT2D eigenvalue weighted by molar-refractivity contribution is -0.120. The molecule has 0 bridgehead atoms. The quantitative estimate of drug-likeness (QED) is 0.602. The number of nitrogens with one attached hydrogen (secondary N) is 2. The number of amides is 1. The Morgan fingerprint density at radius 2 is 1.88 bits per heavy atom. The van der Waals surface area contributed by atoms with Gasteiger partial charge in [-0.25, -0.2) is 22.3 Å². The summed E-state index contributed by atoms with van der Waals surface area (Å²) in [5.74, 6) is 0.292. The van der Waals surface area contributed by atoms with Crippen molar-refractivity contribution in [1.29, 1.82) is 0 Å².